The molecule has 0 bridgehead atoms. The first-order valence-corrected chi connectivity index (χ1v) is 9.34. The van der Waals surface area contributed by atoms with Crippen LogP contribution in [-0.4, -0.2) is 33.5 Å². The van der Waals surface area contributed by atoms with Gasteiger partial charge in [0.2, 0.25) is 11.8 Å². The van der Waals surface area contributed by atoms with Crippen molar-refractivity contribution in [1.82, 2.24) is 4.90 Å². The summed E-state index contributed by atoms with van der Waals surface area (Å²) >= 11 is 0. The fourth-order valence-electron chi connectivity index (χ4n) is 3.66. The Kier molecular flexibility index (Phi) is 5.42. The number of nitrogens with zero attached hydrogens (tertiary/aromatic N) is 1. The Morgan fingerprint density at radius 1 is 1.16 bits per heavy atom. The van der Waals surface area contributed by atoms with Crippen LogP contribution in [0.3, 0.4) is 0 Å². The summed E-state index contributed by atoms with van der Waals surface area (Å²) in [5, 5.41) is 13.3. The van der Waals surface area contributed by atoms with Crippen LogP contribution >= 0.6 is 0 Å². The summed E-state index contributed by atoms with van der Waals surface area (Å²) in [5.41, 5.74) is 0.953. The topological polar surface area (TPSA) is 69.6 Å². The normalized spacial score (nSPS) is 19.3. The molecule has 0 spiro atoms. The third-order valence-corrected chi connectivity index (χ3v) is 5.26. The summed E-state index contributed by atoms with van der Waals surface area (Å²) in [4.78, 5) is 25.8. The maximum Gasteiger partial charge on any atom is 0.227 e. The molecule has 2 aliphatic rings. The summed E-state index contributed by atoms with van der Waals surface area (Å²) < 4.78 is 0. The van der Waals surface area contributed by atoms with Crippen LogP contribution in [0, 0.1) is 0 Å². The molecule has 25 heavy (non-hydrogen) atoms. The van der Waals surface area contributed by atoms with Crippen LogP contribution in [0.2, 0.25) is 0 Å². The van der Waals surface area contributed by atoms with E-state index in [1.165, 1.54) is 0 Å². The van der Waals surface area contributed by atoms with Gasteiger partial charge in [0.15, 0.2) is 0 Å². The Hall–Kier alpha value is -1.88. The standard InChI is InChI=1S/C20H28N2O3/c1-15(23)22(18-9-10-18)14-16-5-7-17(8-6-16)21-19(24)13-20(25)11-3-2-4-12-20/h5-8,18,25H,2-4,9-14H2,1H3,(H,21,24). The third-order valence-electron chi connectivity index (χ3n) is 5.26. The second-order valence-corrected chi connectivity index (χ2v) is 7.58. The minimum atomic E-state index is -0.839. The molecule has 2 amide bonds. The number of aliphatic hydroxyl groups is 1. The highest BCUT2D eigenvalue weighted by atomic mass is 16.3. The number of anilines is 1. The Labute approximate surface area is 149 Å². The molecule has 2 fully saturated rings. The van der Waals surface area contributed by atoms with E-state index in [1.807, 2.05) is 29.2 Å². The van der Waals surface area contributed by atoms with Gasteiger partial charge in [-0.05, 0) is 43.4 Å². The monoisotopic (exact) mass is 344 g/mol. The zero-order valence-corrected chi connectivity index (χ0v) is 15.0. The summed E-state index contributed by atoms with van der Waals surface area (Å²) in [6.07, 6.45) is 6.90. The van der Waals surface area contributed by atoms with Crippen LogP contribution in [0.15, 0.2) is 24.3 Å². The Morgan fingerprint density at radius 3 is 2.36 bits per heavy atom. The molecule has 2 N–H and O–H groups in total. The number of hydrogen-bond acceptors (Lipinski definition) is 3. The number of hydrogen-bond donors (Lipinski definition) is 2. The molecule has 0 aliphatic heterocycles. The SMILES string of the molecule is CC(=O)N(Cc1ccc(NC(=O)CC2(O)CCCCC2)cc1)C1CC1. The first-order chi connectivity index (χ1) is 12.0. The van der Waals surface area contributed by atoms with E-state index in [9.17, 15) is 14.7 Å². The lowest BCUT2D eigenvalue weighted by Gasteiger charge is -2.31. The maximum atomic E-state index is 12.2. The molecular formula is C20H28N2O3. The van der Waals surface area contributed by atoms with E-state index < -0.39 is 5.60 Å². The van der Waals surface area contributed by atoms with Crippen LogP contribution < -0.4 is 5.32 Å². The van der Waals surface area contributed by atoms with Gasteiger partial charge in [-0.1, -0.05) is 31.4 Å². The summed E-state index contributed by atoms with van der Waals surface area (Å²) in [7, 11) is 0. The molecular weight excluding hydrogens is 316 g/mol. The van der Waals surface area contributed by atoms with Crippen molar-refractivity contribution in [3.63, 3.8) is 0 Å². The van der Waals surface area contributed by atoms with Gasteiger partial charge in [-0.15, -0.1) is 0 Å². The predicted octanol–water partition coefficient (Wildman–Crippen LogP) is 3.22. The van der Waals surface area contributed by atoms with Crippen LogP contribution in [-0.2, 0) is 16.1 Å². The van der Waals surface area contributed by atoms with Crippen molar-refractivity contribution in [2.75, 3.05) is 5.32 Å². The van der Waals surface area contributed by atoms with Crippen molar-refractivity contribution < 1.29 is 14.7 Å². The Morgan fingerprint density at radius 2 is 1.80 bits per heavy atom. The van der Waals surface area contributed by atoms with Crippen LogP contribution in [0.4, 0.5) is 5.69 Å². The second-order valence-electron chi connectivity index (χ2n) is 7.58. The lowest BCUT2D eigenvalue weighted by molar-refractivity contribution is -0.130. The summed E-state index contributed by atoms with van der Waals surface area (Å²) in [6, 6.07) is 8.02. The zero-order valence-electron chi connectivity index (χ0n) is 15.0. The second kappa shape index (κ2) is 7.56. The largest absolute Gasteiger partial charge is 0.389 e. The van der Waals surface area contributed by atoms with Gasteiger partial charge >= 0.3 is 0 Å². The molecule has 0 aromatic heterocycles. The molecule has 3 rings (SSSR count). The zero-order chi connectivity index (χ0) is 17.9. The molecule has 0 saturated heterocycles. The first-order valence-electron chi connectivity index (χ1n) is 9.34. The number of nitrogens with one attached hydrogen (secondary N) is 1. The van der Waals surface area contributed by atoms with Crippen molar-refractivity contribution >= 4 is 17.5 Å². The van der Waals surface area contributed by atoms with Crippen molar-refractivity contribution in [2.24, 2.45) is 0 Å². The van der Waals surface area contributed by atoms with Crippen LogP contribution in [0.1, 0.15) is 63.9 Å². The predicted molar refractivity (Wildman–Crippen MR) is 97.0 cm³/mol. The summed E-state index contributed by atoms with van der Waals surface area (Å²) in [5.74, 6) is -0.0268. The Bertz CT molecular complexity index is 616. The number of rotatable bonds is 6. The van der Waals surface area contributed by atoms with Gasteiger partial charge in [-0.3, -0.25) is 9.59 Å². The number of benzene rings is 1. The van der Waals surface area contributed by atoms with Crippen molar-refractivity contribution in [3.8, 4) is 0 Å². The van der Waals surface area contributed by atoms with Gasteiger partial charge in [0.25, 0.3) is 0 Å². The van der Waals surface area contributed by atoms with Crippen molar-refractivity contribution in [3.05, 3.63) is 29.8 Å². The lowest BCUT2D eigenvalue weighted by Crippen LogP contribution is -2.35. The van der Waals surface area contributed by atoms with Gasteiger partial charge in [-0.2, -0.15) is 0 Å². The van der Waals surface area contributed by atoms with Crippen LogP contribution in [0.5, 0.6) is 0 Å². The highest BCUT2D eigenvalue weighted by Crippen LogP contribution is 2.31. The molecule has 0 atom stereocenters. The molecule has 1 aromatic rings. The van der Waals surface area contributed by atoms with Crippen molar-refractivity contribution in [1.29, 1.82) is 0 Å². The molecule has 0 radical (unpaired) electrons. The van der Waals surface area contributed by atoms with E-state index in [0.717, 1.165) is 43.4 Å². The van der Waals surface area contributed by atoms with Gasteiger partial charge < -0.3 is 15.3 Å². The molecule has 0 unspecified atom stereocenters. The minimum absolute atomic E-state index is 0.112. The van der Waals surface area contributed by atoms with Gasteiger partial charge in [0, 0.05) is 25.2 Å². The van der Waals surface area contributed by atoms with E-state index in [-0.39, 0.29) is 18.2 Å². The van der Waals surface area contributed by atoms with E-state index in [4.69, 9.17) is 0 Å². The fourth-order valence-corrected chi connectivity index (χ4v) is 3.66. The molecule has 1 aromatic carbocycles. The van der Waals surface area contributed by atoms with E-state index in [2.05, 4.69) is 5.32 Å². The van der Waals surface area contributed by atoms with E-state index >= 15 is 0 Å². The molecule has 136 valence electrons. The molecule has 2 saturated carbocycles. The average molecular weight is 344 g/mol. The molecule has 5 heteroatoms. The average Bonchev–Trinajstić information content (AvgIpc) is 3.38. The van der Waals surface area contributed by atoms with Gasteiger partial charge in [0.1, 0.15) is 0 Å². The molecule has 5 nitrogen and oxygen atoms in total. The van der Waals surface area contributed by atoms with Crippen molar-refractivity contribution in [2.45, 2.75) is 76.5 Å². The lowest BCUT2D eigenvalue weighted by atomic mass is 9.82. The Balaban J connectivity index is 1.53. The quantitative estimate of drug-likeness (QED) is 0.832. The number of carbonyl (C=O) groups is 2. The number of amides is 2. The third kappa shape index (κ3) is 5.05. The fraction of sp³-hybridized carbons (Fsp3) is 0.600. The minimum Gasteiger partial charge on any atom is -0.389 e. The highest BCUT2D eigenvalue weighted by Gasteiger charge is 2.32. The van der Waals surface area contributed by atoms with Gasteiger partial charge in [-0.25, -0.2) is 0 Å². The van der Waals surface area contributed by atoms with E-state index in [1.54, 1.807) is 6.92 Å². The number of carbonyl (C=O) groups excluding carboxylic acids is 2. The maximum absolute atomic E-state index is 12.2. The van der Waals surface area contributed by atoms with Gasteiger partial charge in [0.05, 0.1) is 12.0 Å². The highest BCUT2D eigenvalue weighted by molar-refractivity contribution is 5.91. The first kappa shape index (κ1) is 17.9. The van der Waals surface area contributed by atoms with Crippen LogP contribution in [0.25, 0.3) is 0 Å². The van der Waals surface area contributed by atoms with E-state index in [0.29, 0.717) is 25.4 Å². The molecule has 0 heterocycles. The summed E-state index contributed by atoms with van der Waals surface area (Å²) in [6.45, 7) is 2.23. The smallest absolute Gasteiger partial charge is 0.227 e. The molecule has 2 aliphatic carbocycles.